The summed E-state index contributed by atoms with van der Waals surface area (Å²) in [6.07, 6.45) is 0. The molecule has 1 aromatic carbocycles. The maximum atomic E-state index is 12.6. The van der Waals surface area contributed by atoms with Crippen LogP contribution in [0.4, 0.5) is 0 Å². The number of carbonyl (C=O) groups excluding carboxylic acids is 1. The fourth-order valence-corrected chi connectivity index (χ4v) is 3.07. The number of likely N-dealkylation sites (N-methyl/N-ethyl adjacent to an activating group) is 1. The third kappa shape index (κ3) is 2.36. The SMILES string of the molecule is Cc1ccc(Br)c2cc(C(=O)N3CCN(C)CC3)[nH]c12. The fourth-order valence-electron chi connectivity index (χ4n) is 2.62. The Morgan fingerprint density at radius 1 is 1.25 bits per heavy atom. The van der Waals surface area contributed by atoms with E-state index in [9.17, 15) is 4.79 Å². The molecule has 2 heterocycles. The predicted octanol–water partition coefficient (Wildman–Crippen LogP) is 2.63. The fraction of sp³-hybridized carbons (Fsp3) is 0.400. The van der Waals surface area contributed by atoms with Crippen molar-refractivity contribution in [3.05, 3.63) is 33.9 Å². The number of hydrogen-bond donors (Lipinski definition) is 1. The zero-order valence-corrected chi connectivity index (χ0v) is 13.3. The van der Waals surface area contributed by atoms with Crippen molar-refractivity contribution in [1.29, 1.82) is 0 Å². The van der Waals surface area contributed by atoms with E-state index in [-0.39, 0.29) is 5.91 Å². The largest absolute Gasteiger partial charge is 0.350 e. The number of piperazine rings is 1. The molecule has 0 saturated carbocycles. The lowest BCUT2D eigenvalue weighted by Gasteiger charge is -2.32. The van der Waals surface area contributed by atoms with E-state index in [1.165, 1.54) is 0 Å². The second kappa shape index (κ2) is 5.22. The lowest BCUT2D eigenvalue weighted by Crippen LogP contribution is -2.47. The molecule has 1 saturated heterocycles. The average molecular weight is 336 g/mol. The molecular formula is C15H18BrN3O. The Hall–Kier alpha value is -1.33. The van der Waals surface area contributed by atoms with Crippen molar-refractivity contribution in [3.63, 3.8) is 0 Å². The summed E-state index contributed by atoms with van der Waals surface area (Å²) in [5.74, 6) is 0.0978. The molecule has 1 amide bonds. The second-order valence-electron chi connectivity index (χ2n) is 5.43. The van der Waals surface area contributed by atoms with E-state index in [4.69, 9.17) is 0 Å². The van der Waals surface area contributed by atoms with Crippen molar-refractivity contribution in [1.82, 2.24) is 14.8 Å². The van der Waals surface area contributed by atoms with Crippen LogP contribution in [0.2, 0.25) is 0 Å². The summed E-state index contributed by atoms with van der Waals surface area (Å²) in [6.45, 7) is 5.52. The zero-order chi connectivity index (χ0) is 14.3. The summed E-state index contributed by atoms with van der Waals surface area (Å²) in [6, 6.07) is 6.02. The van der Waals surface area contributed by atoms with E-state index in [0.717, 1.165) is 47.1 Å². The van der Waals surface area contributed by atoms with Crippen molar-refractivity contribution < 1.29 is 4.79 Å². The Morgan fingerprint density at radius 3 is 2.60 bits per heavy atom. The average Bonchev–Trinajstić information content (AvgIpc) is 2.89. The number of benzene rings is 1. The van der Waals surface area contributed by atoms with Crippen molar-refractivity contribution in [3.8, 4) is 0 Å². The number of carbonyl (C=O) groups is 1. The van der Waals surface area contributed by atoms with Crippen molar-refractivity contribution >= 4 is 32.7 Å². The van der Waals surface area contributed by atoms with E-state index in [0.29, 0.717) is 5.69 Å². The lowest BCUT2D eigenvalue weighted by atomic mass is 10.2. The first kappa shape index (κ1) is 13.6. The number of fused-ring (bicyclic) bond motifs is 1. The van der Waals surface area contributed by atoms with Crippen LogP contribution in [0, 0.1) is 6.92 Å². The van der Waals surface area contributed by atoms with Crippen LogP contribution in [0.5, 0.6) is 0 Å². The number of aromatic amines is 1. The second-order valence-corrected chi connectivity index (χ2v) is 6.29. The lowest BCUT2D eigenvalue weighted by molar-refractivity contribution is 0.0659. The van der Waals surface area contributed by atoms with Gasteiger partial charge in [0, 0.05) is 36.0 Å². The topological polar surface area (TPSA) is 39.3 Å². The molecule has 2 aromatic rings. The monoisotopic (exact) mass is 335 g/mol. The highest BCUT2D eigenvalue weighted by atomic mass is 79.9. The van der Waals surface area contributed by atoms with Gasteiger partial charge < -0.3 is 14.8 Å². The number of rotatable bonds is 1. The van der Waals surface area contributed by atoms with Crippen LogP contribution in [0.1, 0.15) is 16.1 Å². The third-order valence-corrected chi connectivity index (χ3v) is 4.66. The molecule has 0 bridgehead atoms. The molecule has 5 heteroatoms. The maximum absolute atomic E-state index is 12.6. The van der Waals surface area contributed by atoms with Crippen molar-refractivity contribution in [2.24, 2.45) is 0 Å². The van der Waals surface area contributed by atoms with Crippen LogP contribution < -0.4 is 0 Å². The molecule has 106 valence electrons. The van der Waals surface area contributed by atoms with Gasteiger partial charge in [-0.3, -0.25) is 4.79 Å². The highest BCUT2D eigenvalue weighted by Gasteiger charge is 2.22. The molecule has 1 aliphatic heterocycles. The molecule has 0 atom stereocenters. The number of nitrogens with one attached hydrogen (secondary N) is 1. The van der Waals surface area contributed by atoms with Gasteiger partial charge >= 0.3 is 0 Å². The molecule has 0 unspecified atom stereocenters. The summed E-state index contributed by atoms with van der Waals surface area (Å²) in [7, 11) is 2.09. The van der Waals surface area contributed by atoms with Crippen LogP contribution in [0.15, 0.2) is 22.7 Å². The summed E-state index contributed by atoms with van der Waals surface area (Å²) < 4.78 is 1.02. The summed E-state index contributed by atoms with van der Waals surface area (Å²) >= 11 is 3.55. The molecule has 1 aliphatic rings. The minimum absolute atomic E-state index is 0.0978. The first-order chi connectivity index (χ1) is 9.56. The third-order valence-electron chi connectivity index (χ3n) is 3.97. The molecule has 1 N–H and O–H groups in total. The molecule has 4 nitrogen and oxygen atoms in total. The van der Waals surface area contributed by atoms with Crippen LogP contribution in [0.3, 0.4) is 0 Å². The van der Waals surface area contributed by atoms with E-state index in [2.05, 4.69) is 39.8 Å². The minimum Gasteiger partial charge on any atom is -0.350 e. The van der Waals surface area contributed by atoms with Crippen LogP contribution in [-0.4, -0.2) is 53.9 Å². The molecule has 0 spiro atoms. The number of hydrogen-bond acceptors (Lipinski definition) is 2. The Labute approximate surface area is 126 Å². The highest BCUT2D eigenvalue weighted by Crippen LogP contribution is 2.27. The van der Waals surface area contributed by atoms with Gasteiger partial charge in [-0.2, -0.15) is 0 Å². The van der Waals surface area contributed by atoms with Gasteiger partial charge in [-0.25, -0.2) is 0 Å². The van der Waals surface area contributed by atoms with Gasteiger partial charge in [0.1, 0.15) is 5.69 Å². The van der Waals surface area contributed by atoms with Gasteiger partial charge in [-0.1, -0.05) is 22.0 Å². The smallest absolute Gasteiger partial charge is 0.270 e. The molecule has 20 heavy (non-hydrogen) atoms. The number of H-pyrrole nitrogens is 1. The van der Waals surface area contributed by atoms with E-state index < -0.39 is 0 Å². The highest BCUT2D eigenvalue weighted by molar-refractivity contribution is 9.10. The Balaban J connectivity index is 1.92. The standard InChI is InChI=1S/C15H18BrN3O/c1-10-3-4-12(16)11-9-13(17-14(10)11)15(20)19-7-5-18(2)6-8-19/h3-4,9,17H,5-8H2,1-2H3. The number of aromatic nitrogens is 1. The first-order valence-corrected chi connectivity index (χ1v) is 7.61. The quantitative estimate of drug-likeness (QED) is 0.870. The predicted molar refractivity (Wildman–Crippen MR) is 84.1 cm³/mol. The minimum atomic E-state index is 0.0978. The Kier molecular flexibility index (Phi) is 3.56. The first-order valence-electron chi connectivity index (χ1n) is 6.82. The van der Waals surface area contributed by atoms with E-state index in [1.54, 1.807) is 0 Å². The molecule has 0 aliphatic carbocycles. The van der Waals surface area contributed by atoms with E-state index >= 15 is 0 Å². The van der Waals surface area contributed by atoms with Gasteiger partial charge in [-0.15, -0.1) is 0 Å². The van der Waals surface area contributed by atoms with Gasteiger partial charge in [0.2, 0.25) is 0 Å². The van der Waals surface area contributed by atoms with Crippen LogP contribution >= 0.6 is 15.9 Å². The van der Waals surface area contributed by atoms with Crippen LogP contribution in [0.25, 0.3) is 10.9 Å². The van der Waals surface area contributed by atoms with Crippen LogP contribution in [-0.2, 0) is 0 Å². The summed E-state index contributed by atoms with van der Waals surface area (Å²) in [5.41, 5.74) is 2.87. The summed E-state index contributed by atoms with van der Waals surface area (Å²) in [5, 5.41) is 1.07. The number of nitrogens with zero attached hydrogens (tertiary/aromatic N) is 2. The van der Waals surface area contributed by atoms with Gasteiger partial charge in [0.05, 0.1) is 5.52 Å². The molecular weight excluding hydrogens is 318 g/mol. The number of aryl methyl sites for hydroxylation is 1. The zero-order valence-electron chi connectivity index (χ0n) is 11.7. The normalized spacial score (nSPS) is 16.9. The molecule has 3 rings (SSSR count). The number of halogens is 1. The summed E-state index contributed by atoms with van der Waals surface area (Å²) in [4.78, 5) is 20.0. The van der Waals surface area contributed by atoms with Crippen molar-refractivity contribution in [2.45, 2.75) is 6.92 Å². The van der Waals surface area contributed by atoms with Gasteiger partial charge in [0.25, 0.3) is 5.91 Å². The van der Waals surface area contributed by atoms with E-state index in [1.807, 2.05) is 23.1 Å². The van der Waals surface area contributed by atoms with Crippen molar-refractivity contribution in [2.75, 3.05) is 33.2 Å². The molecule has 0 radical (unpaired) electrons. The molecule has 1 aromatic heterocycles. The number of amides is 1. The maximum Gasteiger partial charge on any atom is 0.270 e. The Morgan fingerprint density at radius 2 is 1.95 bits per heavy atom. The molecule has 1 fully saturated rings. The Bertz CT molecular complexity index is 617. The van der Waals surface area contributed by atoms with Gasteiger partial charge in [-0.05, 0) is 31.7 Å². The van der Waals surface area contributed by atoms with Gasteiger partial charge in [0.15, 0.2) is 0 Å².